The van der Waals surface area contributed by atoms with Crippen LogP contribution in [-0.2, 0) is 27.4 Å². The summed E-state index contributed by atoms with van der Waals surface area (Å²) in [6.45, 7) is 4.83. The highest BCUT2D eigenvalue weighted by molar-refractivity contribution is 5.89. The molecule has 0 aromatic heterocycles. The van der Waals surface area contributed by atoms with Crippen LogP contribution in [0.15, 0.2) is 84.9 Å². The number of hydrogen-bond donors (Lipinski definition) is 0. The molecule has 3 aromatic carbocycles. The number of benzene rings is 3. The second kappa shape index (κ2) is 12.6. The molecule has 1 heterocycles. The topological polar surface area (TPSA) is 42.0 Å². The highest BCUT2D eigenvalue weighted by atomic mass is 19.1. The molecule has 4 rings (SSSR count). The van der Waals surface area contributed by atoms with Crippen molar-refractivity contribution >= 4 is 11.6 Å². The Kier molecular flexibility index (Phi) is 9.01. The summed E-state index contributed by atoms with van der Waals surface area (Å²) in [4.78, 5) is 20.6. The molecule has 0 bridgehead atoms. The molecule has 3 aromatic rings. The molecule has 2 atom stereocenters. The summed E-state index contributed by atoms with van der Waals surface area (Å²) in [5.74, 6) is -0.771. The molecule has 1 aliphatic rings. The van der Waals surface area contributed by atoms with Gasteiger partial charge in [0.25, 0.3) is 0 Å². The molecular weight excluding hydrogens is 443 g/mol. The lowest BCUT2D eigenvalue weighted by molar-refractivity contribution is -0.127. The van der Waals surface area contributed by atoms with Gasteiger partial charge in [-0.3, -0.25) is 9.63 Å². The number of piperidine rings is 1. The SMILES string of the molecule is CC(=O)N(OC[C@H]1CCN(CCc2ccccc2)C[C@H]1OCc1ccccc1)c1ccccc1F. The number of likely N-dealkylation sites (tertiary alicyclic amines) is 1. The quantitative estimate of drug-likeness (QED) is 0.375. The number of nitrogens with zero attached hydrogens (tertiary/aromatic N) is 2. The minimum Gasteiger partial charge on any atom is -0.372 e. The van der Waals surface area contributed by atoms with Gasteiger partial charge in [-0.25, -0.2) is 4.39 Å². The first-order valence-corrected chi connectivity index (χ1v) is 12.2. The van der Waals surface area contributed by atoms with E-state index in [1.165, 1.54) is 18.6 Å². The number of anilines is 1. The minimum atomic E-state index is -0.490. The number of amides is 1. The Morgan fingerprint density at radius 1 is 0.971 bits per heavy atom. The van der Waals surface area contributed by atoms with E-state index in [1.54, 1.807) is 18.2 Å². The summed E-state index contributed by atoms with van der Waals surface area (Å²) in [5, 5.41) is 1.06. The van der Waals surface area contributed by atoms with Crippen molar-refractivity contribution in [2.45, 2.75) is 32.5 Å². The van der Waals surface area contributed by atoms with Crippen molar-refractivity contribution in [3.05, 3.63) is 102 Å². The lowest BCUT2D eigenvalue weighted by Crippen LogP contribution is -2.48. The molecule has 0 saturated carbocycles. The first-order chi connectivity index (χ1) is 17.1. The summed E-state index contributed by atoms with van der Waals surface area (Å²) in [7, 11) is 0. The van der Waals surface area contributed by atoms with Crippen LogP contribution >= 0.6 is 0 Å². The molecule has 6 heteroatoms. The molecule has 0 N–H and O–H groups in total. The van der Waals surface area contributed by atoms with E-state index in [1.807, 2.05) is 24.3 Å². The van der Waals surface area contributed by atoms with Gasteiger partial charge in [-0.2, -0.15) is 5.06 Å². The van der Waals surface area contributed by atoms with Gasteiger partial charge in [0.2, 0.25) is 5.91 Å². The number of rotatable bonds is 10. The van der Waals surface area contributed by atoms with Crippen molar-refractivity contribution in [2.75, 3.05) is 31.3 Å². The number of carbonyl (C=O) groups excluding carboxylic acids is 1. The van der Waals surface area contributed by atoms with Crippen LogP contribution in [0.25, 0.3) is 0 Å². The van der Waals surface area contributed by atoms with Crippen molar-refractivity contribution < 1.29 is 18.8 Å². The van der Waals surface area contributed by atoms with Crippen molar-refractivity contribution in [2.24, 2.45) is 5.92 Å². The normalized spacial score (nSPS) is 18.3. The molecule has 1 fully saturated rings. The van der Waals surface area contributed by atoms with Crippen molar-refractivity contribution in [3.63, 3.8) is 0 Å². The summed E-state index contributed by atoms with van der Waals surface area (Å²) in [6.07, 6.45) is 1.80. The van der Waals surface area contributed by atoms with Crippen LogP contribution in [0, 0.1) is 11.7 Å². The zero-order valence-electron chi connectivity index (χ0n) is 20.2. The van der Waals surface area contributed by atoms with Crippen molar-refractivity contribution in [3.8, 4) is 0 Å². The molecule has 0 radical (unpaired) electrons. The molecular formula is C29H33FN2O3. The van der Waals surface area contributed by atoms with Crippen LogP contribution in [0.1, 0.15) is 24.5 Å². The predicted octanol–water partition coefficient (Wildman–Crippen LogP) is 5.26. The van der Waals surface area contributed by atoms with E-state index in [9.17, 15) is 9.18 Å². The smallest absolute Gasteiger partial charge is 0.247 e. The second-order valence-corrected chi connectivity index (χ2v) is 8.98. The van der Waals surface area contributed by atoms with Gasteiger partial charge in [0, 0.05) is 25.9 Å². The number of halogens is 1. The Morgan fingerprint density at radius 2 is 1.63 bits per heavy atom. The fourth-order valence-corrected chi connectivity index (χ4v) is 4.44. The highest BCUT2D eigenvalue weighted by Gasteiger charge is 2.31. The molecule has 1 saturated heterocycles. The Hall–Kier alpha value is -3.06. The highest BCUT2D eigenvalue weighted by Crippen LogP contribution is 2.25. The third-order valence-corrected chi connectivity index (χ3v) is 6.42. The van der Waals surface area contributed by atoms with Crippen LogP contribution in [-0.4, -0.2) is 43.2 Å². The molecule has 0 aliphatic carbocycles. The Labute approximate surface area is 207 Å². The summed E-state index contributed by atoms with van der Waals surface area (Å²) in [6, 6.07) is 26.8. The van der Waals surface area contributed by atoms with Gasteiger partial charge in [-0.1, -0.05) is 72.8 Å². The molecule has 1 amide bonds. The van der Waals surface area contributed by atoms with E-state index in [0.29, 0.717) is 6.61 Å². The molecule has 0 unspecified atom stereocenters. The third kappa shape index (κ3) is 7.21. The van der Waals surface area contributed by atoms with E-state index in [4.69, 9.17) is 9.57 Å². The summed E-state index contributed by atoms with van der Waals surface area (Å²) < 4.78 is 20.7. The van der Waals surface area contributed by atoms with Crippen LogP contribution in [0.5, 0.6) is 0 Å². The third-order valence-electron chi connectivity index (χ3n) is 6.42. The number of ether oxygens (including phenoxy) is 1. The average Bonchev–Trinajstić information content (AvgIpc) is 2.89. The van der Waals surface area contributed by atoms with Crippen LogP contribution in [0.2, 0.25) is 0 Å². The van der Waals surface area contributed by atoms with E-state index in [0.717, 1.165) is 43.1 Å². The number of hydroxylamine groups is 1. The fourth-order valence-electron chi connectivity index (χ4n) is 4.44. The van der Waals surface area contributed by atoms with Crippen LogP contribution in [0.3, 0.4) is 0 Å². The summed E-state index contributed by atoms with van der Waals surface area (Å²) >= 11 is 0. The molecule has 35 heavy (non-hydrogen) atoms. The molecule has 1 aliphatic heterocycles. The van der Waals surface area contributed by atoms with E-state index in [2.05, 4.69) is 41.3 Å². The predicted molar refractivity (Wildman–Crippen MR) is 135 cm³/mol. The first kappa shape index (κ1) is 25.0. The maximum absolute atomic E-state index is 14.3. The van der Waals surface area contributed by atoms with Gasteiger partial charge >= 0.3 is 0 Å². The Bertz CT molecular complexity index is 1060. The van der Waals surface area contributed by atoms with Gasteiger partial charge in [-0.15, -0.1) is 0 Å². The van der Waals surface area contributed by atoms with Crippen LogP contribution in [0.4, 0.5) is 10.1 Å². The Balaban J connectivity index is 1.40. The Morgan fingerprint density at radius 3 is 2.31 bits per heavy atom. The maximum atomic E-state index is 14.3. The molecule has 0 spiro atoms. The van der Waals surface area contributed by atoms with Gasteiger partial charge in [-0.05, 0) is 42.6 Å². The number of para-hydroxylation sites is 1. The minimum absolute atomic E-state index is 0.0610. The lowest BCUT2D eigenvalue weighted by atomic mass is 9.94. The maximum Gasteiger partial charge on any atom is 0.247 e. The van der Waals surface area contributed by atoms with Gasteiger partial charge in [0.15, 0.2) is 0 Å². The van der Waals surface area contributed by atoms with Gasteiger partial charge in [0.1, 0.15) is 11.5 Å². The van der Waals surface area contributed by atoms with E-state index < -0.39 is 5.82 Å². The van der Waals surface area contributed by atoms with Crippen LogP contribution < -0.4 is 5.06 Å². The monoisotopic (exact) mass is 476 g/mol. The standard InChI is InChI=1S/C29H33FN2O3/c1-23(33)32(28-15-9-8-14-27(28)30)35-22-26-17-19-31(18-16-24-10-4-2-5-11-24)20-29(26)34-21-25-12-6-3-7-13-25/h2-15,26,29H,16-22H2,1H3/t26-,29-/m1/s1. The zero-order chi connectivity index (χ0) is 24.5. The zero-order valence-corrected chi connectivity index (χ0v) is 20.2. The summed E-state index contributed by atoms with van der Waals surface area (Å²) in [5.41, 5.74) is 2.56. The van der Waals surface area contributed by atoms with Crippen molar-refractivity contribution in [1.82, 2.24) is 4.90 Å². The number of carbonyl (C=O) groups is 1. The lowest BCUT2D eigenvalue weighted by Gasteiger charge is -2.39. The second-order valence-electron chi connectivity index (χ2n) is 8.98. The largest absolute Gasteiger partial charge is 0.372 e. The molecule has 5 nitrogen and oxygen atoms in total. The number of hydrogen-bond acceptors (Lipinski definition) is 4. The van der Waals surface area contributed by atoms with Gasteiger partial charge in [0.05, 0.1) is 19.3 Å². The average molecular weight is 477 g/mol. The first-order valence-electron chi connectivity index (χ1n) is 12.2. The van der Waals surface area contributed by atoms with Gasteiger partial charge < -0.3 is 9.64 Å². The van der Waals surface area contributed by atoms with Crippen molar-refractivity contribution in [1.29, 1.82) is 0 Å². The van der Waals surface area contributed by atoms with E-state index in [-0.39, 0.29) is 30.2 Å². The molecule has 184 valence electrons. The van der Waals surface area contributed by atoms with E-state index >= 15 is 0 Å². The fraction of sp³-hybridized carbons (Fsp3) is 0.345.